The van der Waals surface area contributed by atoms with Gasteiger partial charge in [0.25, 0.3) is 0 Å². The third-order valence-corrected chi connectivity index (χ3v) is 3.64. The summed E-state index contributed by atoms with van der Waals surface area (Å²) in [6.07, 6.45) is 6.13. The van der Waals surface area contributed by atoms with Crippen molar-refractivity contribution in [3.8, 4) is 0 Å². The molecular formula is C12H15NO3S2. The first-order valence-corrected chi connectivity index (χ1v) is 7.36. The van der Waals surface area contributed by atoms with E-state index in [1.54, 1.807) is 13.8 Å². The fourth-order valence-electron chi connectivity index (χ4n) is 1.12. The van der Waals surface area contributed by atoms with Crippen LogP contribution in [-0.2, 0) is 9.53 Å². The van der Waals surface area contributed by atoms with Gasteiger partial charge in [-0.1, -0.05) is 17.8 Å². The Morgan fingerprint density at radius 1 is 1.56 bits per heavy atom. The molecule has 0 N–H and O–H groups in total. The molecule has 0 bridgehead atoms. The molecule has 0 saturated carbocycles. The van der Waals surface area contributed by atoms with Crippen LogP contribution in [0.5, 0.6) is 0 Å². The number of rotatable bonds is 6. The van der Waals surface area contributed by atoms with Gasteiger partial charge in [-0.05, 0) is 19.4 Å². The lowest BCUT2D eigenvalue weighted by atomic mass is 10.4. The molecule has 98 valence electrons. The van der Waals surface area contributed by atoms with Crippen molar-refractivity contribution in [2.24, 2.45) is 0 Å². The summed E-state index contributed by atoms with van der Waals surface area (Å²) in [5, 5.41) is 0.896. The van der Waals surface area contributed by atoms with Crippen LogP contribution in [0.1, 0.15) is 34.9 Å². The lowest BCUT2D eigenvalue weighted by Crippen LogP contribution is -2.01. The van der Waals surface area contributed by atoms with E-state index in [1.165, 1.54) is 29.3 Å². The van der Waals surface area contributed by atoms with Crippen LogP contribution in [0.15, 0.2) is 12.3 Å². The summed E-state index contributed by atoms with van der Waals surface area (Å²) in [5.41, 5.74) is 0. The molecule has 0 aliphatic carbocycles. The Morgan fingerprint density at radius 2 is 2.33 bits per heavy atom. The first-order chi connectivity index (χ1) is 8.63. The van der Waals surface area contributed by atoms with Crippen molar-refractivity contribution in [2.45, 2.75) is 20.3 Å². The number of hydrogen-bond acceptors (Lipinski definition) is 6. The van der Waals surface area contributed by atoms with Crippen molar-refractivity contribution >= 4 is 40.3 Å². The highest BCUT2D eigenvalue weighted by molar-refractivity contribution is 8.13. The molecule has 0 aromatic carbocycles. The number of carbonyl (C=O) groups excluding carboxylic acids is 2. The summed E-state index contributed by atoms with van der Waals surface area (Å²) < 4.78 is 4.88. The highest BCUT2D eigenvalue weighted by atomic mass is 32.2. The third kappa shape index (κ3) is 5.46. The second kappa shape index (κ2) is 8.05. The molecule has 1 heterocycles. The summed E-state index contributed by atoms with van der Waals surface area (Å²) in [4.78, 5) is 26.7. The van der Waals surface area contributed by atoms with Crippen LogP contribution in [0.2, 0.25) is 0 Å². The van der Waals surface area contributed by atoms with Gasteiger partial charge in [-0.15, -0.1) is 11.3 Å². The van der Waals surface area contributed by atoms with Crippen LogP contribution in [0, 0.1) is 0 Å². The van der Waals surface area contributed by atoms with Gasteiger partial charge in [-0.2, -0.15) is 0 Å². The van der Waals surface area contributed by atoms with Gasteiger partial charge in [-0.25, -0.2) is 9.78 Å². The molecule has 0 radical (unpaired) electrons. The standard InChI is InChI=1S/C12H15NO3S2/c1-3-16-12(15)10-8-13-11(18-10)6-4-5-7-17-9(2)14/h4,6,8H,3,5,7H2,1-2H3. The number of nitrogens with zero attached hydrogens (tertiary/aromatic N) is 1. The molecule has 1 aromatic rings. The Bertz CT molecular complexity index is 440. The summed E-state index contributed by atoms with van der Waals surface area (Å²) in [7, 11) is 0. The van der Waals surface area contributed by atoms with Crippen molar-refractivity contribution in [3.63, 3.8) is 0 Å². The summed E-state index contributed by atoms with van der Waals surface area (Å²) in [6, 6.07) is 0. The monoisotopic (exact) mass is 285 g/mol. The molecule has 0 fully saturated rings. The fourth-order valence-corrected chi connectivity index (χ4v) is 2.40. The predicted molar refractivity (Wildman–Crippen MR) is 74.9 cm³/mol. The van der Waals surface area contributed by atoms with Gasteiger partial charge in [-0.3, -0.25) is 4.79 Å². The molecule has 0 aliphatic rings. The minimum atomic E-state index is -0.332. The summed E-state index contributed by atoms with van der Waals surface area (Å²) >= 11 is 2.60. The molecule has 18 heavy (non-hydrogen) atoms. The summed E-state index contributed by atoms with van der Waals surface area (Å²) in [5.74, 6) is 0.434. The van der Waals surface area contributed by atoms with Crippen molar-refractivity contribution < 1.29 is 14.3 Å². The Hall–Kier alpha value is -1.14. The normalized spacial score (nSPS) is 10.8. The number of hydrogen-bond donors (Lipinski definition) is 0. The Labute approximate surface area is 114 Å². The molecule has 0 amide bonds. The third-order valence-electron chi connectivity index (χ3n) is 1.85. The maximum Gasteiger partial charge on any atom is 0.349 e. The van der Waals surface area contributed by atoms with Gasteiger partial charge in [0, 0.05) is 12.7 Å². The van der Waals surface area contributed by atoms with Crippen LogP contribution in [-0.4, -0.2) is 28.4 Å². The number of allylic oxidation sites excluding steroid dienone is 1. The lowest BCUT2D eigenvalue weighted by molar-refractivity contribution is -0.109. The zero-order chi connectivity index (χ0) is 13.4. The molecule has 1 aromatic heterocycles. The van der Waals surface area contributed by atoms with Crippen LogP contribution in [0.3, 0.4) is 0 Å². The first kappa shape index (κ1) is 14.9. The van der Waals surface area contributed by atoms with Crippen molar-refractivity contribution in [3.05, 3.63) is 22.2 Å². The van der Waals surface area contributed by atoms with Gasteiger partial charge in [0.15, 0.2) is 5.12 Å². The first-order valence-electron chi connectivity index (χ1n) is 5.56. The van der Waals surface area contributed by atoms with E-state index in [0.717, 1.165) is 17.2 Å². The SMILES string of the molecule is CCOC(=O)c1cnc(C=CCCSC(C)=O)s1. The Morgan fingerprint density at radius 3 is 3.00 bits per heavy atom. The average Bonchev–Trinajstić information content (AvgIpc) is 2.77. The number of ether oxygens (including phenoxy) is 1. The van der Waals surface area contributed by atoms with Gasteiger partial charge in [0.1, 0.15) is 9.88 Å². The predicted octanol–water partition coefficient (Wildman–Crippen LogP) is 3.00. The van der Waals surface area contributed by atoms with Crippen molar-refractivity contribution in [1.29, 1.82) is 0 Å². The number of carbonyl (C=O) groups is 2. The second-order valence-electron chi connectivity index (χ2n) is 3.31. The van der Waals surface area contributed by atoms with Gasteiger partial charge in [0.2, 0.25) is 0 Å². The summed E-state index contributed by atoms with van der Waals surface area (Å²) in [6.45, 7) is 3.69. The molecule has 0 atom stereocenters. The molecule has 0 unspecified atom stereocenters. The minimum absolute atomic E-state index is 0.127. The van der Waals surface area contributed by atoms with Crippen LogP contribution >= 0.6 is 23.1 Å². The number of thiazole rings is 1. The van der Waals surface area contributed by atoms with E-state index in [-0.39, 0.29) is 11.1 Å². The van der Waals surface area contributed by atoms with Crippen LogP contribution < -0.4 is 0 Å². The van der Waals surface area contributed by atoms with E-state index in [1.807, 2.05) is 12.2 Å². The zero-order valence-corrected chi connectivity index (χ0v) is 12.0. The maximum atomic E-state index is 11.4. The van der Waals surface area contributed by atoms with E-state index in [2.05, 4.69) is 4.98 Å². The smallest absolute Gasteiger partial charge is 0.349 e. The van der Waals surface area contributed by atoms with Gasteiger partial charge < -0.3 is 4.74 Å². The second-order valence-corrected chi connectivity index (χ2v) is 5.65. The van der Waals surface area contributed by atoms with Gasteiger partial charge >= 0.3 is 5.97 Å². The quantitative estimate of drug-likeness (QED) is 0.594. The maximum absolute atomic E-state index is 11.4. The Balaban J connectivity index is 2.41. The van der Waals surface area contributed by atoms with Crippen LogP contribution in [0.4, 0.5) is 0 Å². The average molecular weight is 285 g/mol. The molecule has 0 saturated heterocycles. The van der Waals surface area contributed by atoms with E-state index in [0.29, 0.717) is 11.5 Å². The highest BCUT2D eigenvalue weighted by Crippen LogP contribution is 2.16. The molecule has 0 aliphatic heterocycles. The minimum Gasteiger partial charge on any atom is -0.462 e. The fraction of sp³-hybridized carbons (Fsp3) is 0.417. The van der Waals surface area contributed by atoms with E-state index in [4.69, 9.17) is 4.74 Å². The number of thioether (sulfide) groups is 1. The molecular weight excluding hydrogens is 270 g/mol. The number of aromatic nitrogens is 1. The molecule has 4 nitrogen and oxygen atoms in total. The molecule has 0 spiro atoms. The topological polar surface area (TPSA) is 56.3 Å². The highest BCUT2D eigenvalue weighted by Gasteiger charge is 2.09. The molecule has 6 heteroatoms. The zero-order valence-electron chi connectivity index (χ0n) is 10.3. The van der Waals surface area contributed by atoms with Crippen molar-refractivity contribution in [1.82, 2.24) is 4.98 Å². The Kier molecular flexibility index (Phi) is 6.67. The van der Waals surface area contributed by atoms with E-state index in [9.17, 15) is 9.59 Å². The van der Waals surface area contributed by atoms with Gasteiger partial charge in [0.05, 0.1) is 12.8 Å². The number of esters is 1. The molecule has 1 rings (SSSR count). The van der Waals surface area contributed by atoms with Crippen molar-refractivity contribution in [2.75, 3.05) is 12.4 Å². The van der Waals surface area contributed by atoms with Crippen LogP contribution in [0.25, 0.3) is 6.08 Å². The van der Waals surface area contributed by atoms with E-state index < -0.39 is 0 Å². The van der Waals surface area contributed by atoms with E-state index >= 15 is 0 Å². The lowest BCUT2D eigenvalue weighted by Gasteiger charge is -1.95. The largest absolute Gasteiger partial charge is 0.462 e.